The normalized spacial score (nSPS) is 25.1. The summed E-state index contributed by atoms with van der Waals surface area (Å²) in [5.74, 6) is 0.656. The first-order valence-electron chi connectivity index (χ1n) is 7.81. The molecule has 0 unspecified atom stereocenters. The van der Waals surface area contributed by atoms with Gasteiger partial charge in [-0.3, -0.25) is 4.79 Å². The lowest BCUT2D eigenvalue weighted by molar-refractivity contribution is -0.122. The van der Waals surface area contributed by atoms with Gasteiger partial charge in [-0.05, 0) is 50.5 Å². The molecule has 0 heterocycles. The van der Waals surface area contributed by atoms with Crippen LogP contribution in [0.15, 0.2) is 24.3 Å². The highest BCUT2D eigenvalue weighted by atomic mass is 16.1. The molecule has 1 saturated carbocycles. The van der Waals surface area contributed by atoms with E-state index in [4.69, 9.17) is 0 Å². The Labute approximate surface area is 127 Å². The highest BCUT2D eigenvalue weighted by Crippen LogP contribution is 2.31. The van der Waals surface area contributed by atoms with Crippen LogP contribution in [0, 0.1) is 24.2 Å². The van der Waals surface area contributed by atoms with E-state index in [0.29, 0.717) is 12.3 Å². The molecule has 0 aliphatic heterocycles. The lowest BCUT2D eigenvalue weighted by atomic mass is 9.78. The van der Waals surface area contributed by atoms with Gasteiger partial charge < -0.3 is 5.32 Å². The fourth-order valence-electron chi connectivity index (χ4n) is 2.97. The van der Waals surface area contributed by atoms with Gasteiger partial charge in [0, 0.05) is 6.42 Å². The third kappa shape index (κ3) is 4.32. The second kappa shape index (κ2) is 6.76. The molecule has 3 heteroatoms. The quantitative estimate of drug-likeness (QED) is 0.919. The van der Waals surface area contributed by atoms with Crippen LogP contribution < -0.4 is 5.32 Å². The van der Waals surface area contributed by atoms with Crippen molar-refractivity contribution in [1.82, 2.24) is 5.32 Å². The molecule has 2 rings (SSSR count). The van der Waals surface area contributed by atoms with Crippen LogP contribution in [0.25, 0.3) is 0 Å². The van der Waals surface area contributed by atoms with Gasteiger partial charge in [0.1, 0.15) is 5.54 Å². The molecule has 21 heavy (non-hydrogen) atoms. The first kappa shape index (κ1) is 15.6. The molecule has 0 spiro atoms. The summed E-state index contributed by atoms with van der Waals surface area (Å²) in [6.45, 7) is 4.26. The van der Waals surface area contributed by atoms with E-state index in [2.05, 4.69) is 37.4 Å². The zero-order valence-electron chi connectivity index (χ0n) is 13.0. The Hall–Kier alpha value is -1.82. The maximum Gasteiger partial charge on any atom is 0.221 e. The number of nitrogens with one attached hydrogen (secondary N) is 1. The number of aryl methyl sites for hydroxylation is 2. The van der Waals surface area contributed by atoms with E-state index in [0.717, 1.165) is 32.1 Å². The smallest absolute Gasteiger partial charge is 0.221 e. The zero-order valence-corrected chi connectivity index (χ0v) is 13.0. The van der Waals surface area contributed by atoms with Crippen molar-refractivity contribution in [2.75, 3.05) is 0 Å². The predicted octanol–water partition coefficient (Wildman–Crippen LogP) is 3.52. The fraction of sp³-hybridized carbons (Fsp3) is 0.556. The van der Waals surface area contributed by atoms with Crippen LogP contribution in [0.3, 0.4) is 0 Å². The number of carbonyl (C=O) groups is 1. The number of benzene rings is 1. The van der Waals surface area contributed by atoms with E-state index in [1.54, 1.807) is 0 Å². The SMILES string of the molecule is Cc1cccc(CCC(=O)NC2(C#N)CCC(C)CC2)c1. The van der Waals surface area contributed by atoms with Crippen molar-refractivity contribution >= 4 is 5.91 Å². The second-order valence-electron chi connectivity index (χ2n) is 6.41. The van der Waals surface area contributed by atoms with Gasteiger partial charge >= 0.3 is 0 Å². The van der Waals surface area contributed by atoms with Gasteiger partial charge in [-0.1, -0.05) is 36.8 Å². The molecule has 1 aromatic rings. The average Bonchev–Trinajstić information content (AvgIpc) is 2.48. The highest BCUT2D eigenvalue weighted by Gasteiger charge is 2.35. The first-order chi connectivity index (χ1) is 10.0. The Balaban J connectivity index is 1.87. The number of nitriles is 1. The van der Waals surface area contributed by atoms with E-state index in [9.17, 15) is 10.1 Å². The van der Waals surface area contributed by atoms with Gasteiger partial charge in [0.25, 0.3) is 0 Å². The molecule has 1 aromatic carbocycles. The molecule has 3 nitrogen and oxygen atoms in total. The Morgan fingerprint density at radius 2 is 2.14 bits per heavy atom. The van der Waals surface area contributed by atoms with Gasteiger partial charge in [-0.2, -0.15) is 5.26 Å². The van der Waals surface area contributed by atoms with Crippen molar-refractivity contribution in [1.29, 1.82) is 5.26 Å². The standard InChI is InChI=1S/C18H24N2O/c1-14-8-10-18(13-19,11-9-14)20-17(21)7-6-16-5-3-4-15(2)12-16/h3-5,12,14H,6-11H2,1-2H3,(H,20,21). The molecule has 1 aliphatic rings. The maximum absolute atomic E-state index is 12.2. The number of hydrogen-bond donors (Lipinski definition) is 1. The summed E-state index contributed by atoms with van der Waals surface area (Å²) in [6, 6.07) is 10.6. The molecule has 1 N–H and O–H groups in total. The zero-order chi connectivity index (χ0) is 15.3. The van der Waals surface area contributed by atoms with Gasteiger partial charge in [0.2, 0.25) is 5.91 Å². The number of carbonyl (C=O) groups excluding carboxylic acids is 1. The summed E-state index contributed by atoms with van der Waals surface area (Å²) in [4.78, 5) is 12.2. The fourth-order valence-corrected chi connectivity index (χ4v) is 2.97. The minimum atomic E-state index is -0.629. The molecule has 1 aliphatic carbocycles. The maximum atomic E-state index is 12.2. The predicted molar refractivity (Wildman–Crippen MR) is 83.6 cm³/mol. The van der Waals surface area contributed by atoms with Crippen LogP contribution in [0.2, 0.25) is 0 Å². The Morgan fingerprint density at radius 1 is 1.43 bits per heavy atom. The van der Waals surface area contributed by atoms with Gasteiger partial charge in [-0.15, -0.1) is 0 Å². The van der Waals surface area contributed by atoms with Crippen molar-refractivity contribution in [3.63, 3.8) is 0 Å². The molecule has 112 valence electrons. The Bertz CT molecular complexity index is 536. The lowest BCUT2D eigenvalue weighted by Gasteiger charge is -2.34. The topological polar surface area (TPSA) is 52.9 Å². The average molecular weight is 284 g/mol. The van der Waals surface area contributed by atoms with Crippen LogP contribution in [-0.4, -0.2) is 11.4 Å². The highest BCUT2D eigenvalue weighted by molar-refractivity contribution is 5.77. The molecule has 0 aromatic heterocycles. The summed E-state index contributed by atoms with van der Waals surface area (Å²) >= 11 is 0. The van der Waals surface area contributed by atoms with Crippen LogP contribution >= 0.6 is 0 Å². The molecule has 0 bridgehead atoms. The molecular weight excluding hydrogens is 260 g/mol. The van der Waals surface area contributed by atoms with E-state index < -0.39 is 5.54 Å². The first-order valence-corrected chi connectivity index (χ1v) is 7.81. The van der Waals surface area contributed by atoms with E-state index >= 15 is 0 Å². The van der Waals surface area contributed by atoms with E-state index in [1.807, 2.05) is 12.1 Å². The number of amides is 1. The van der Waals surface area contributed by atoms with Crippen molar-refractivity contribution in [2.45, 2.75) is 57.9 Å². The van der Waals surface area contributed by atoms with Crippen molar-refractivity contribution < 1.29 is 4.79 Å². The van der Waals surface area contributed by atoms with Crippen molar-refractivity contribution in [3.05, 3.63) is 35.4 Å². The molecular formula is C18H24N2O. The van der Waals surface area contributed by atoms with Crippen LogP contribution in [0.1, 0.15) is 50.2 Å². The minimum absolute atomic E-state index is 0.00684. The molecule has 1 fully saturated rings. The van der Waals surface area contributed by atoms with Gasteiger partial charge in [0.05, 0.1) is 6.07 Å². The van der Waals surface area contributed by atoms with Crippen LogP contribution in [-0.2, 0) is 11.2 Å². The third-order valence-electron chi connectivity index (χ3n) is 4.44. The van der Waals surface area contributed by atoms with Gasteiger partial charge in [0.15, 0.2) is 0 Å². The summed E-state index contributed by atoms with van der Waals surface area (Å²) in [6.07, 6.45) is 4.77. The van der Waals surface area contributed by atoms with E-state index in [-0.39, 0.29) is 5.91 Å². The van der Waals surface area contributed by atoms with Crippen LogP contribution in [0.5, 0.6) is 0 Å². The number of rotatable bonds is 4. The molecule has 0 saturated heterocycles. The number of hydrogen-bond acceptors (Lipinski definition) is 2. The lowest BCUT2D eigenvalue weighted by Crippen LogP contribution is -2.49. The largest absolute Gasteiger partial charge is 0.338 e. The summed E-state index contributed by atoms with van der Waals surface area (Å²) in [7, 11) is 0. The minimum Gasteiger partial charge on any atom is -0.338 e. The molecule has 0 radical (unpaired) electrons. The summed E-state index contributed by atoms with van der Waals surface area (Å²) in [5.41, 5.74) is 1.76. The van der Waals surface area contributed by atoms with Crippen LogP contribution in [0.4, 0.5) is 0 Å². The summed E-state index contributed by atoms with van der Waals surface area (Å²) in [5, 5.41) is 12.4. The molecule has 0 atom stereocenters. The Kier molecular flexibility index (Phi) is 5.01. The number of nitrogens with zero attached hydrogens (tertiary/aromatic N) is 1. The second-order valence-corrected chi connectivity index (χ2v) is 6.41. The molecule has 1 amide bonds. The van der Waals surface area contributed by atoms with Crippen molar-refractivity contribution in [2.24, 2.45) is 5.92 Å². The Morgan fingerprint density at radius 3 is 2.76 bits per heavy atom. The monoisotopic (exact) mass is 284 g/mol. The summed E-state index contributed by atoms with van der Waals surface area (Å²) < 4.78 is 0. The van der Waals surface area contributed by atoms with Gasteiger partial charge in [-0.25, -0.2) is 0 Å². The third-order valence-corrected chi connectivity index (χ3v) is 4.44. The van der Waals surface area contributed by atoms with Crippen molar-refractivity contribution in [3.8, 4) is 6.07 Å². The van der Waals surface area contributed by atoms with E-state index in [1.165, 1.54) is 11.1 Å².